The predicted molar refractivity (Wildman–Crippen MR) is 69.3 cm³/mol. The molecule has 0 amide bonds. The van der Waals surface area contributed by atoms with Crippen molar-refractivity contribution in [2.75, 3.05) is 5.32 Å². The summed E-state index contributed by atoms with van der Waals surface area (Å²) in [5, 5.41) is 8.50. The summed E-state index contributed by atoms with van der Waals surface area (Å²) in [6.45, 7) is 2.47. The number of furan rings is 1. The summed E-state index contributed by atoms with van der Waals surface area (Å²) in [5.41, 5.74) is 0.906. The lowest BCUT2D eigenvalue weighted by Crippen LogP contribution is -2.04. The molecule has 0 aliphatic heterocycles. The van der Waals surface area contributed by atoms with Gasteiger partial charge in [0.2, 0.25) is 5.95 Å². The summed E-state index contributed by atoms with van der Waals surface area (Å²) in [7, 11) is 1.86. The molecule has 1 aromatic carbocycles. The molecule has 2 heterocycles. The fraction of sp³-hybridized carbons (Fsp3) is 0.231. The highest BCUT2D eigenvalue weighted by Gasteiger charge is 2.06. The maximum atomic E-state index is 5.72. The van der Waals surface area contributed by atoms with Gasteiger partial charge in [0.15, 0.2) is 0 Å². The van der Waals surface area contributed by atoms with E-state index in [4.69, 9.17) is 4.42 Å². The number of para-hydroxylation sites is 1. The number of benzene rings is 1. The number of nitrogens with zero attached hydrogens (tertiary/aromatic N) is 3. The van der Waals surface area contributed by atoms with Gasteiger partial charge in [-0.1, -0.05) is 18.2 Å². The second-order valence-corrected chi connectivity index (χ2v) is 4.21. The molecule has 0 fully saturated rings. The van der Waals surface area contributed by atoms with Crippen LogP contribution in [0.25, 0.3) is 11.0 Å². The fourth-order valence-corrected chi connectivity index (χ4v) is 1.96. The Morgan fingerprint density at radius 1 is 1.33 bits per heavy atom. The van der Waals surface area contributed by atoms with Crippen molar-refractivity contribution in [2.45, 2.75) is 13.5 Å². The lowest BCUT2D eigenvalue weighted by atomic mass is 10.2. The van der Waals surface area contributed by atoms with Crippen molar-refractivity contribution in [3.63, 3.8) is 0 Å². The average molecular weight is 242 g/mol. The van der Waals surface area contributed by atoms with Gasteiger partial charge in [-0.3, -0.25) is 0 Å². The number of aromatic nitrogens is 3. The Balaban J connectivity index is 1.78. The van der Waals surface area contributed by atoms with Crippen LogP contribution < -0.4 is 5.32 Å². The highest BCUT2D eigenvalue weighted by molar-refractivity contribution is 5.77. The van der Waals surface area contributed by atoms with Gasteiger partial charge in [-0.2, -0.15) is 10.1 Å². The molecule has 0 aliphatic rings. The van der Waals surface area contributed by atoms with Crippen LogP contribution in [-0.4, -0.2) is 14.8 Å². The van der Waals surface area contributed by atoms with Gasteiger partial charge in [-0.25, -0.2) is 4.68 Å². The number of nitrogens with one attached hydrogen (secondary N) is 1. The minimum absolute atomic E-state index is 0.598. The lowest BCUT2D eigenvalue weighted by molar-refractivity contribution is 0.557. The van der Waals surface area contributed by atoms with Gasteiger partial charge >= 0.3 is 0 Å². The first-order valence-corrected chi connectivity index (χ1v) is 5.81. The van der Waals surface area contributed by atoms with E-state index >= 15 is 0 Å². The van der Waals surface area contributed by atoms with E-state index < -0.39 is 0 Å². The average Bonchev–Trinajstić information content (AvgIpc) is 2.89. The van der Waals surface area contributed by atoms with Crippen LogP contribution in [-0.2, 0) is 13.6 Å². The lowest BCUT2D eigenvalue weighted by Gasteiger charge is -2.01. The van der Waals surface area contributed by atoms with Crippen molar-refractivity contribution >= 4 is 16.9 Å². The minimum atomic E-state index is 0.598. The zero-order valence-electron chi connectivity index (χ0n) is 10.3. The molecule has 0 unspecified atom stereocenters. The van der Waals surface area contributed by atoms with E-state index in [0.717, 1.165) is 28.5 Å². The predicted octanol–water partition coefficient (Wildman–Crippen LogP) is 2.48. The molecule has 3 rings (SSSR count). The molecule has 92 valence electrons. The summed E-state index contributed by atoms with van der Waals surface area (Å²) in [6.07, 6.45) is 0. The van der Waals surface area contributed by atoms with E-state index in [1.165, 1.54) is 0 Å². The maximum Gasteiger partial charge on any atom is 0.221 e. The number of rotatable bonds is 3. The van der Waals surface area contributed by atoms with E-state index in [1.807, 2.05) is 44.3 Å². The van der Waals surface area contributed by atoms with Crippen LogP contribution in [0, 0.1) is 6.92 Å². The molecular weight excluding hydrogens is 228 g/mol. The van der Waals surface area contributed by atoms with Gasteiger partial charge in [-0.15, -0.1) is 0 Å². The molecule has 0 saturated heterocycles. The van der Waals surface area contributed by atoms with Crippen LogP contribution in [0.1, 0.15) is 11.6 Å². The van der Waals surface area contributed by atoms with E-state index in [0.29, 0.717) is 6.54 Å². The summed E-state index contributed by atoms with van der Waals surface area (Å²) in [5.74, 6) is 2.38. The van der Waals surface area contributed by atoms with Crippen molar-refractivity contribution in [3.05, 3.63) is 41.9 Å². The molecule has 0 radical (unpaired) electrons. The van der Waals surface area contributed by atoms with Gasteiger partial charge in [0.05, 0.1) is 6.54 Å². The second-order valence-electron chi connectivity index (χ2n) is 4.21. The van der Waals surface area contributed by atoms with E-state index in [-0.39, 0.29) is 0 Å². The first kappa shape index (κ1) is 10.8. The van der Waals surface area contributed by atoms with Crippen molar-refractivity contribution < 1.29 is 4.42 Å². The molecule has 0 bridgehead atoms. The number of hydrogen-bond donors (Lipinski definition) is 1. The van der Waals surface area contributed by atoms with E-state index in [2.05, 4.69) is 15.4 Å². The number of anilines is 1. The van der Waals surface area contributed by atoms with Crippen LogP contribution in [0.4, 0.5) is 5.95 Å². The molecule has 18 heavy (non-hydrogen) atoms. The Morgan fingerprint density at radius 3 is 2.89 bits per heavy atom. The smallest absolute Gasteiger partial charge is 0.221 e. The Morgan fingerprint density at radius 2 is 2.17 bits per heavy atom. The van der Waals surface area contributed by atoms with Crippen molar-refractivity contribution in [1.82, 2.24) is 14.8 Å². The van der Waals surface area contributed by atoms with Crippen molar-refractivity contribution in [2.24, 2.45) is 7.05 Å². The fourth-order valence-electron chi connectivity index (χ4n) is 1.96. The van der Waals surface area contributed by atoms with Crippen LogP contribution in [0.15, 0.2) is 34.7 Å². The second kappa shape index (κ2) is 4.18. The Bertz CT molecular complexity index is 650. The third-order valence-electron chi connectivity index (χ3n) is 2.77. The number of aryl methyl sites for hydroxylation is 2. The molecule has 0 spiro atoms. The first-order chi connectivity index (χ1) is 8.72. The van der Waals surface area contributed by atoms with Crippen LogP contribution in [0.3, 0.4) is 0 Å². The molecule has 0 aliphatic carbocycles. The van der Waals surface area contributed by atoms with E-state index in [1.54, 1.807) is 4.68 Å². The number of hydrogen-bond acceptors (Lipinski definition) is 4. The molecule has 0 saturated carbocycles. The topological polar surface area (TPSA) is 55.9 Å². The quantitative estimate of drug-likeness (QED) is 0.766. The Labute approximate surface area is 104 Å². The summed E-state index contributed by atoms with van der Waals surface area (Å²) < 4.78 is 7.44. The summed E-state index contributed by atoms with van der Waals surface area (Å²) in [4.78, 5) is 4.28. The third-order valence-corrected chi connectivity index (χ3v) is 2.77. The zero-order valence-corrected chi connectivity index (χ0v) is 10.3. The van der Waals surface area contributed by atoms with E-state index in [9.17, 15) is 0 Å². The Hall–Kier alpha value is -2.30. The van der Waals surface area contributed by atoms with Crippen LogP contribution in [0.2, 0.25) is 0 Å². The normalized spacial score (nSPS) is 11.0. The van der Waals surface area contributed by atoms with Crippen molar-refractivity contribution in [3.8, 4) is 0 Å². The van der Waals surface area contributed by atoms with Gasteiger partial charge in [0.25, 0.3) is 0 Å². The monoisotopic (exact) mass is 242 g/mol. The minimum Gasteiger partial charge on any atom is -0.459 e. The highest BCUT2D eigenvalue weighted by Crippen LogP contribution is 2.19. The summed E-state index contributed by atoms with van der Waals surface area (Å²) in [6, 6.07) is 10.0. The zero-order chi connectivity index (χ0) is 12.5. The van der Waals surface area contributed by atoms with Crippen LogP contribution >= 0.6 is 0 Å². The molecule has 5 nitrogen and oxygen atoms in total. The molecule has 1 N–H and O–H groups in total. The van der Waals surface area contributed by atoms with Gasteiger partial charge in [-0.05, 0) is 19.1 Å². The Kier molecular flexibility index (Phi) is 2.51. The standard InChI is InChI=1S/C13H14N4O/c1-9-15-13(17(2)16-9)14-8-11-7-10-5-3-4-6-12(10)18-11/h3-7H,8H2,1-2H3,(H,14,15,16). The van der Waals surface area contributed by atoms with Gasteiger partial charge in [0, 0.05) is 12.4 Å². The van der Waals surface area contributed by atoms with Gasteiger partial charge < -0.3 is 9.73 Å². The SMILES string of the molecule is Cc1nc(NCc2cc3ccccc3o2)n(C)n1. The molecule has 3 aromatic rings. The molecule has 0 atom stereocenters. The third kappa shape index (κ3) is 1.95. The number of fused-ring (bicyclic) bond motifs is 1. The molecule has 5 heteroatoms. The summed E-state index contributed by atoms with van der Waals surface area (Å²) >= 11 is 0. The molecule has 2 aromatic heterocycles. The maximum absolute atomic E-state index is 5.72. The first-order valence-electron chi connectivity index (χ1n) is 5.81. The van der Waals surface area contributed by atoms with Crippen molar-refractivity contribution in [1.29, 1.82) is 0 Å². The molecular formula is C13H14N4O. The van der Waals surface area contributed by atoms with Crippen LogP contribution in [0.5, 0.6) is 0 Å². The largest absolute Gasteiger partial charge is 0.459 e. The highest BCUT2D eigenvalue weighted by atomic mass is 16.3. The van der Waals surface area contributed by atoms with Gasteiger partial charge in [0.1, 0.15) is 17.2 Å².